The number of aromatic nitrogens is 2. The Labute approximate surface area is 208 Å². The first-order valence-electron chi connectivity index (χ1n) is 12.3. The normalized spacial score (nSPS) is 24.5. The Kier molecular flexibility index (Phi) is 6.71. The van der Waals surface area contributed by atoms with Crippen LogP contribution in [-0.2, 0) is 9.53 Å². The van der Waals surface area contributed by atoms with Gasteiger partial charge in [-0.05, 0) is 44.9 Å². The number of aromatic amines is 1. The molecule has 3 aliphatic rings. The van der Waals surface area contributed by atoms with Crippen molar-refractivity contribution in [2.75, 3.05) is 19.0 Å². The van der Waals surface area contributed by atoms with E-state index < -0.39 is 12.5 Å². The van der Waals surface area contributed by atoms with Gasteiger partial charge in [0.25, 0.3) is 5.91 Å². The highest BCUT2D eigenvalue weighted by Gasteiger charge is 2.46. The van der Waals surface area contributed by atoms with Gasteiger partial charge in [-0.2, -0.15) is 5.10 Å². The third-order valence-corrected chi connectivity index (χ3v) is 7.38. The number of aldehydes is 1. The van der Waals surface area contributed by atoms with Gasteiger partial charge >= 0.3 is 6.09 Å². The minimum atomic E-state index is -0.481. The summed E-state index contributed by atoms with van der Waals surface area (Å²) in [6.45, 7) is -0.393. The molecule has 4 atom stereocenters. The van der Waals surface area contributed by atoms with Gasteiger partial charge < -0.3 is 29.5 Å². The number of aromatic hydroxyl groups is 1. The maximum absolute atomic E-state index is 12.6. The number of hydrogen-bond acceptors (Lipinski definition) is 8. The fourth-order valence-corrected chi connectivity index (χ4v) is 5.51. The molecule has 36 heavy (non-hydrogen) atoms. The number of nitrogens with one attached hydrogen (secondary N) is 2. The zero-order valence-electron chi connectivity index (χ0n) is 20.1. The van der Waals surface area contributed by atoms with E-state index in [1.54, 1.807) is 6.07 Å². The van der Waals surface area contributed by atoms with Crippen molar-refractivity contribution >= 4 is 24.1 Å². The molecule has 1 saturated carbocycles. The van der Waals surface area contributed by atoms with Crippen LogP contribution in [-0.4, -0.2) is 70.4 Å². The average molecular weight is 499 g/mol. The Morgan fingerprint density at radius 2 is 2.00 bits per heavy atom. The molecule has 2 saturated heterocycles. The largest absolute Gasteiger partial charge is 0.507 e. The van der Waals surface area contributed by atoms with Crippen LogP contribution in [0.3, 0.4) is 0 Å². The summed E-state index contributed by atoms with van der Waals surface area (Å²) >= 11 is 0. The van der Waals surface area contributed by atoms with E-state index in [0.717, 1.165) is 37.8 Å². The number of nitrogens with zero attached hydrogens (tertiary/aromatic N) is 2. The number of piperidine rings is 1. The molecular weight excluding hydrogens is 468 g/mol. The zero-order chi connectivity index (χ0) is 25.2. The first kappa shape index (κ1) is 24.0. The van der Waals surface area contributed by atoms with Crippen LogP contribution in [0.25, 0.3) is 0 Å². The summed E-state index contributed by atoms with van der Waals surface area (Å²) in [6, 6.07) is 5.18. The first-order chi connectivity index (χ1) is 17.4. The highest BCUT2D eigenvalue weighted by Crippen LogP contribution is 2.40. The van der Waals surface area contributed by atoms with E-state index in [2.05, 4.69) is 15.5 Å². The highest BCUT2D eigenvalue weighted by atomic mass is 16.6. The van der Waals surface area contributed by atoms with E-state index in [1.165, 1.54) is 25.7 Å². The minimum Gasteiger partial charge on any atom is -0.507 e. The van der Waals surface area contributed by atoms with Crippen molar-refractivity contribution in [2.24, 2.45) is 0 Å². The summed E-state index contributed by atoms with van der Waals surface area (Å²) in [5.74, 6) is 0.0434. The quantitative estimate of drug-likeness (QED) is 0.470. The van der Waals surface area contributed by atoms with Gasteiger partial charge in [0.15, 0.2) is 18.7 Å². The molecule has 3 N–H and O–H groups in total. The van der Waals surface area contributed by atoms with Crippen molar-refractivity contribution in [1.29, 1.82) is 0 Å². The molecule has 11 heteroatoms. The molecule has 2 unspecified atom stereocenters. The zero-order valence-corrected chi connectivity index (χ0v) is 20.1. The summed E-state index contributed by atoms with van der Waals surface area (Å²) in [4.78, 5) is 38.2. The van der Waals surface area contributed by atoms with Gasteiger partial charge in [0, 0.05) is 41.9 Å². The lowest BCUT2D eigenvalue weighted by Crippen LogP contribution is -2.61. The van der Waals surface area contributed by atoms with Gasteiger partial charge in [-0.15, -0.1) is 0 Å². The fraction of sp³-hybridized carbons (Fsp3) is 0.520. The lowest BCUT2D eigenvalue weighted by molar-refractivity contribution is -0.118. The number of anilines is 1. The fourth-order valence-electron chi connectivity index (χ4n) is 5.51. The summed E-state index contributed by atoms with van der Waals surface area (Å²) in [6.07, 6.45) is 6.96. The Bertz CT molecular complexity index is 1140. The van der Waals surface area contributed by atoms with Crippen molar-refractivity contribution in [1.82, 2.24) is 15.1 Å². The number of hydrogen-bond donors (Lipinski definition) is 3. The topological polar surface area (TPSA) is 143 Å². The third-order valence-electron chi connectivity index (χ3n) is 7.38. The lowest BCUT2D eigenvalue weighted by Gasteiger charge is -2.52. The molecular formula is C25H30N4O7. The van der Waals surface area contributed by atoms with Crippen LogP contribution in [0.4, 0.5) is 10.6 Å². The second kappa shape index (κ2) is 10.1. The van der Waals surface area contributed by atoms with Crippen LogP contribution in [0.15, 0.2) is 18.2 Å². The molecule has 2 aliphatic heterocycles. The van der Waals surface area contributed by atoms with Crippen molar-refractivity contribution < 1.29 is 33.7 Å². The number of rotatable bonds is 8. The first-order valence-corrected chi connectivity index (χ1v) is 12.3. The number of carbonyl (C=O) groups is 3. The van der Waals surface area contributed by atoms with Gasteiger partial charge in [0.1, 0.15) is 23.4 Å². The SMILES string of the molecule is COc1cc(O)c(C=O)c(OCC(=O)Nc2cc([C@H]3CC[C@@H](OC(=O)N4C5CCCC4C5)C3)[nH]n2)c1. The molecule has 2 bridgehead atoms. The summed E-state index contributed by atoms with van der Waals surface area (Å²) in [7, 11) is 1.41. The molecule has 192 valence electrons. The number of fused-ring (bicyclic) bond motifs is 2. The third kappa shape index (κ3) is 4.82. The molecule has 3 heterocycles. The maximum Gasteiger partial charge on any atom is 0.410 e. The molecule has 5 rings (SSSR count). The van der Waals surface area contributed by atoms with Crippen LogP contribution in [0.5, 0.6) is 17.2 Å². The monoisotopic (exact) mass is 498 g/mol. The molecule has 0 spiro atoms. The van der Waals surface area contributed by atoms with Crippen LogP contribution < -0.4 is 14.8 Å². The number of H-pyrrole nitrogens is 1. The van der Waals surface area contributed by atoms with Crippen LogP contribution >= 0.6 is 0 Å². The van der Waals surface area contributed by atoms with E-state index in [4.69, 9.17) is 14.2 Å². The van der Waals surface area contributed by atoms with Crippen molar-refractivity contribution in [2.45, 2.75) is 69.1 Å². The Balaban J connectivity index is 1.11. The second-order valence-electron chi connectivity index (χ2n) is 9.62. The summed E-state index contributed by atoms with van der Waals surface area (Å²) in [5, 5.41) is 19.7. The molecule has 1 aromatic carbocycles. The smallest absolute Gasteiger partial charge is 0.410 e. The number of amides is 2. The number of carbonyl (C=O) groups excluding carboxylic acids is 3. The van der Waals surface area contributed by atoms with Crippen molar-refractivity contribution in [3.63, 3.8) is 0 Å². The average Bonchev–Trinajstić information content (AvgIpc) is 3.52. The molecule has 0 radical (unpaired) electrons. The van der Waals surface area contributed by atoms with Crippen molar-refractivity contribution in [3.05, 3.63) is 29.5 Å². The number of ether oxygens (including phenoxy) is 3. The molecule has 3 fully saturated rings. The number of phenolic OH excluding ortho intramolecular Hbond substituents is 1. The van der Waals surface area contributed by atoms with Gasteiger partial charge in [-0.1, -0.05) is 0 Å². The molecule has 2 aromatic rings. The van der Waals surface area contributed by atoms with E-state index >= 15 is 0 Å². The van der Waals surface area contributed by atoms with E-state index in [1.807, 2.05) is 4.90 Å². The van der Waals surface area contributed by atoms with Gasteiger partial charge in [-0.25, -0.2) is 4.79 Å². The van der Waals surface area contributed by atoms with E-state index in [0.29, 0.717) is 36.4 Å². The molecule has 11 nitrogen and oxygen atoms in total. The molecule has 1 aliphatic carbocycles. The number of benzene rings is 1. The molecule has 1 aromatic heterocycles. The Morgan fingerprint density at radius 1 is 1.19 bits per heavy atom. The van der Waals surface area contributed by atoms with Gasteiger partial charge in [0.2, 0.25) is 0 Å². The highest BCUT2D eigenvalue weighted by molar-refractivity contribution is 5.91. The van der Waals surface area contributed by atoms with Gasteiger partial charge in [0.05, 0.1) is 12.7 Å². The van der Waals surface area contributed by atoms with Crippen LogP contribution in [0.1, 0.15) is 66.9 Å². The predicted octanol–water partition coefficient (Wildman–Crippen LogP) is 3.35. The second-order valence-corrected chi connectivity index (χ2v) is 9.62. The minimum absolute atomic E-state index is 0.0353. The summed E-state index contributed by atoms with van der Waals surface area (Å²) in [5.41, 5.74) is 0.797. The molecule has 2 amide bonds. The predicted molar refractivity (Wildman–Crippen MR) is 128 cm³/mol. The Hall–Kier alpha value is -3.76. The number of phenols is 1. The summed E-state index contributed by atoms with van der Waals surface area (Å²) < 4.78 is 16.3. The lowest BCUT2D eigenvalue weighted by atomic mass is 9.80. The maximum atomic E-state index is 12.6. The van der Waals surface area contributed by atoms with Crippen molar-refractivity contribution in [3.8, 4) is 17.2 Å². The standard InChI is InChI=1S/C25H30N4O7/c1-34-18-9-21(31)19(12-30)22(10-18)35-13-24(32)26-23-11-20(27-28-23)14-5-6-17(7-14)36-25(33)29-15-3-2-4-16(29)8-15/h9-12,14-17,31H,2-8,13H2,1H3,(H2,26,27,28,32)/t14-,15?,16?,17+/m0/s1. The Morgan fingerprint density at radius 3 is 2.72 bits per heavy atom. The van der Waals surface area contributed by atoms with E-state index in [9.17, 15) is 19.5 Å². The van der Waals surface area contributed by atoms with Gasteiger partial charge in [-0.3, -0.25) is 14.7 Å². The number of methoxy groups -OCH3 is 1. The van der Waals surface area contributed by atoms with Crippen LogP contribution in [0, 0.1) is 0 Å². The van der Waals surface area contributed by atoms with Crippen LogP contribution in [0.2, 0.25) is 0 Å². The van der Waals surface area contributed by atoms with E-state index in [-0.39, 0.29) is 35.2 Å².